The normalized spacial score (nSPS) is 11.6. The summed E-state index contributed by atoms with van der Waals surface area (Å²) in [6, 6.07) is 12.5. The van der Waals surface area contributed by atoms with Crippen LogP contribution >= 0.6 is 11.6 Å². The molecule has 2 aromatic rings. The van der Waals surface area contributed by atoms with E-state index in [0.29, 0.717) is 22.2 Å². The van der Waals surface area contributed by atoms with E-state index in [4.69, 9.17) is 21.1 Å². The van der Waals surface area contributed by atoms with Crippen molar-refractivity contribution in [2.75, 3.05) is 12.4 Å². The molecule has 0 spiro atoms. The van der Waals surface area contributed by atoms with Gasteiger partial charge in [0.1, 0.15) is 11.5 Å². The van der Waals surface area contributed by atoms with Gasteiger partial charge in [-0.3, -0.25) is 4.79 Å². The first-order valence-electron chi connectivity index (χ1n) is 6.87. The molecule has 1 N–H and O–H groups in total. The zero-order chi connectivity index (χ0) is 16.1. The van der Waals surface area contributed by atoms with E-state index in [-0.39, 0.29) is 5.91 Å². The lowest BCUT2D eigenvalue weighted by molar-refractivity contribution is -0.122. The number of methoxy groups -OCH3 is 1. The zero-order valence-electron chi connectivity index (χ0n) is 12.7. The van der Waals surface area contributed by atoms with Crippen LogP contribution in [0.3, 0.4) is 0 Å². The Labute approximate surface area is 135 Å². The van der Waals surface area contributed by atoms with Crippen LogP contribution in [-0.4, -0.2) is 19.1 Å². The van der Waals surface area contributed by atoms with E-state index in [2.05, 4.69) is 5.32 Å². The number of hydrogen-bond donors (Lipinski definition) is 1. The van der Waals surface area contributed by atoms with Crippen molar-refractivity contribution in [2.45, 2.75) is 20.0 Å². The lowest BCUT2D eigenvalue weighted by Gasteiger charge is -2.16. The summed E-state index contributed by atoms with van der Waals surface area (Å²) in [5, 5.41) is 3.44. The van der Waals surface area contributed by atoms with Crippen molar-refractivity contribution >= 4 is 23.2 Å². The molecule has 2 rings (SSSR count). The van der Waals surface area contributed by atoms with Crippen LogP contribution < -0.4 is 14.8 Å². The molecule has 0 fully saturated rings. The molecule has 4 nitrogen and oxygen atoms in total. The number of ether oxygens (including phenoxy) is 2. The maximum absolute atomic E-state index is 12.2. The predicted octanol–water partition coefficient (Wildman–Crippen LogP) is 4.06. The molecule has 0 saturated heterocycles. The van der Waals surface area contributed by atoms with Gasteiger partial charge in [0.05, 0.1) is 12.8 Å². The highest BCUT2D eigenvalue weighted by molar-refractivity contribution is 6.30. The van der Waals surface area contributed by atoms with Gasteiger partial charge in [-0.2, -0.15) is 0 Å². The standard InChI is InChI=1S/C17H18ClNO3/c1-11-4-9-16(21-3)15(10-11)19-17(20)12(2)22-14-7-5-13(18)6-8-14/h4-10,12H,1-3H3,(H,19,20)/t12-/m1/s1. The van der Waals surface area contributed by atoms with Crippen molar-refractivity contribution in [3.63, 3.8) is 0 Å². The lowest BCUT2D eigenvalue weighted by Crippen LogP contribution is -2.30. The molecule has 0 unspecified atom stereocenters. The molecular weight excluding hydrogens is 302 g/mol. The number of carbonyl (C=O) groups excluding carboxylic acids is 1. The SMILES string of the molecule is COc1ccc(C)cc1NC(=O)[C@@H](C)Oc1ccc(Cl)cc1. The molecule has 116 valence electrons. The molecule has 0 aliphatic heterocycles. The van der Waals surface area contributed by atoms with Crippen LogP contribution in [0.15, 0.2) is 42.5 Å². The number of aryl methyl sites for hydroxylation is 1. The van der Waals surface area contributed by atoms with E-state index in [1.807, 2.05) is 25.1 Å². The zero-order valence-corrected chi connectivity index (χ0v) is 13.5. The molecule has 0 aliphatic rings. The third kappa shape index (κ3) is 4.15. The Hall–Kier alpha value is -2.20. The first kappa shape index (κ1) is 16.2. The van der Waals surface area contributed by atoms with Gasteiger partial charge in [-0.15, -0.1) is 0 Å². The van der Waals surface area contributed by atoms with Crippen molar-refractivity contribution in [1.82, 2.24) is 0 Å². The maximum atomic E-state index is 12.2. The van der Waals surface area contributed by atoms with E-state index < -0.39 is 6.10 Å². The number of hydrogen-bond acceptors (Lipinski definition) is 3. The number of anilines is 1. The average Bonchev–Trinajstić information content (AvgIpc) is 2.49. The highest BCUT2D eigenvalue weighted by Gasteiger charge is 2.16. The minimum atomic E-state index is -0.647. The minimum absolute atomic E-state index is 0.251. The molecule has 2 aromatic carbocycles. The average molecular weight is 320 g/mol. The molecule has 0 aromatic heterocycles. The second-order valence-corrected chi connectivity index (χ2v) is 5.34. The van der Waals surface area contributed by atoms with Gasteiger partial charge >= 0.3 is 0 Å². The topological polar surface area (TPSA) is 47.6 Å². The monoisotopic (exact) mass is 319 g/mol. The molecule has 0 saturated carbocycles. The first-order valence-corrected chi connectivity index (χ1v) is 7.25. The van der Waals surface area contributed by atoms with Gasteiger partial charge in [0.25, 0.3) is 5.91 Å². The summed E-state index contributed by atoms with van der Waals surface area (Å²) >= 11 is 5.82. The third-order valence-corrected chi connectivity index (χ3v) is 3.36. The van der Waals surface area contributed by atoms with Gasteiger partial charge in [-0.1, -0.05) is 17.7 Å². The van der Waals surface area contributed by atoms with E-state index in [1.54, 1.807) is 38.3 Å². The maximum Gasteiger partial charge on any atom is 0.265 e. The molecule has 0 aliphatic carbocycles. The minimum Gasteiger partial charge on any atom is -0.495 e. The number of amides is 1. The highest BCUT2D eigenvalue weighted by atomic mass is 35.5. The van der Waals surface area contributed by atoms with Crippen LogP contribution in [0.1, 0.15) is 12.5 Å². The smallest absolute Gasteiger partial charge is 0.265 e. The van der Waals surface area contributed by atoms with Crippen LogP contribution in [0.4, 0.5) is 5.69 Å². The summed E-state index contributed by atoms with van der Waals surface area (Å²) < 4.78 is 10.8. The molecule has 1 atom stereocenters. The Morgan fingerprint density at radius 1 is 1.18 bits per heavy atom. The van der Waals surface area contributed by atoms with Crippen LogP contribution in [0.25, 0.3) is 0 Å². The Balaban J connectivity index is 2.05. The molecule has 1 amide bonds. The Morgan fingerprint density at radius 3 is 2.50 bits per heavy atom. The second-order valence-electron chi connectivity index (χ2n) is 4.91. The summed E-state index contributed by atoms with van der Waals surface area (Å²) in [7, 11) is 1.56. The van der Waals surface area contributed by atoms with Gasteiger partial charge in [0.15, 0.2) is 6.10 Å². The van der Waals surface area contributed by atoms with E-state index in [1.165, 1.54) is 0 Å². The quantitative estimate of drug-likeness (QED) is 0.904. The van der Waals surface area contributed by atoms with E-state index in [0.717, 1.165) is 5.56 Å². The Morgan fingerprint density at radius 2 is 1.86 bits per heavy atom. The Kier molecular flexibility index (Phi) is 5.28. The largest absolute Gasteiger partial charge is 0.495 e. The summed E-state index contributed by atoms with van der Waals surface area (Å²) in [6.45, 7) is 3.63. The molecule has 5 heteroatoms. The summed E-state index contributed by atoms with van der Waals surface area (Å²) in [5.41, 5.74) is 1.65. The molecule has 0 heterocycles. The molecule has 0 radical (unpaired) electrons. The second kappa shape index (κ2) is 7.18. The van der Waals surface area contributed by atoms with Crippen LogP contribution in [0.5, 0.6) is 11.5 Å². The van der Waals surface area contributed by atoms with Crippen LogP contribution in [-0.2, 0) is 4.79 Å². The number of carbonyl (C=O) groups is 1. The van der Waals surface area contributed by atoms with Crippen molar-refractivity contribution < 1.29 is 14.3 Å². The van der Waals surface area contributed by atoms with Crippen molar-refractivity contribution in [3.05, 3.63) is 53.1 Å². The fourth-order valence-corrected chi connectivity index (χ4v) is 2.05. The molecular formula is C17H18ClNO3. The summed E-state index contributed by atoms with van der Waals surface area (Å²) in [4.78, 5) is 12.2. The van der Waals surface area contributed by atoms with E-state index in [9.17, 15) is 4.79 Å². The van der Waals surface area contributed by atoms with Gasteiger partial charge in [-0.25, -0.2) is 0 Å². The lowest BCUT2D eigenvalue weighted by atomic mass is 10.2. The summed E-state index contributed by atoms with van der Waals surface area (Å²) in [6.07, 6.45) is -0.647. The number of nitrogens with one attached hydrogen (secondary N) is 1. The number of benzene rings is 2. The van der Waals surface area contributed by atoms with Crippen molar-refractivity contribution in [1.29, 1.82) is 0 Å². The van der Waals surface area contributed by atoms with E-state index >= 15 is 0 Å². The van der Waals surface area contributed by atoms with Gasteiger partial charge < -0.3 is 14.8 Å². The first-order chi connectivity index (χ1) is 10.5. The fraction of sp³-hybridized carbons (Fsp3) is 0.235. The predicted molar refractivity (Wildman–Crippen MR) is 87.9 cm³/mol. The Bertz CT molecular complexity index is 655. The fourth-order valence-electron chi connectivity index (χ4n) is 1.92. The molecule has 22 heavy (non-hydrogen) atoms. The van der Waals surface area contributed by atoms with Crippen molar-refractivity contribution in [2.24, 2.45) is 0 Å². The van der Waals surface area contributed by atoms with Gasteiger partial charge in [-0.05, 0) is 55.8 Å². The van der Waals surface area contributed by atoms with Gasteiger partial charge in [0.2, 0.25) is 0 Å². The number of halogens is 1. The van der Waals surface area contributed by atoms with Gasteiger partial charge in [0, 0.05) is 5.02 Å². The van der Waals surface area contributed by atoms with Crippen LogP contribution in [0, 0.1) is 6.92 Å². The van der Waals surface area contributed by atoms with Crippen molar-refractivity contribution in [3.8, 4) is 11.5 Å². The summed E-state index contributed by atoms with van der Waals surface area (Å²) in [5.74, 6) is 0.944. The third-order valence-electron chi connectivity index (χ3n) is 3.11. The van der Waals surface area contributed by atoms with Crippen LogP contribution in [0.2, 0.25) is 5.02 Å². The highest BCUT2D eigenvalue weighted by Crippen LogP contribution is 2.25. The molecule has 0 bridgehead atoms. The number of rotatable bonds is 5.